The molecule has 37 heavy (non-hydrogen) atoms. The minimum Gasteiger partial charge on any atom is -0.490 e. The van der Waals surface area contributed by atoms with Crippen molar-refractivity contribution in [3.63, 3.8) is 0 Å². The molecule has 0 atom stereocenters. The zero-order valence-electron chi connectivity index (χ0n) is 21.7. The summed E-state index contributed by atoms with van der Waals surface area (Å²) in [7, 11) is 0. The molecule has 0 aliphatic carbocycles. The lowest BCUT2D eigenvalue weighted by Gasteiger charge is -2.33. The van der Waals surface area contributed by atoms with Gasteiger partial charge in [-0.25, -0.2) is 0 Å². The molecule has 2 aliphatic rings. The highest BCUT2D eigenvalue weighted by Crippen LogP contribution is 2.40. The second-order valence-electron chi connectivity index (χ2n) is 8.53. The summed E-state index contributed by atoms with van der Waals surface area (Å²) in [5.41, 5.74) is 1.62. The van der Waals surface area contributed by atoms with Crippen LogP contribution >= 0.6 is 0 Å². The Hall–Kier alpha value is -3.50. The van der Waals surface area contributed by atoms with Crippen LogP contribution < -0.4 is 29.2 Å². The summed E-state index contributed by atoms with van der Waals surface area (Å²) in [6, 6.07) is 8.60. The van der Waals surface area contributed by atoms with Crippen molar-refractivity contribution in [2.45, 2.75) is 20.8 Å². The first-order valence-electron chi connectivity index (χ1n) is 12.8. The van der Waals surface area contributed by atoms with E-state index in [0.717, 1.165) is 19.6 Å². The smallest absolute Gasteiger partial charge is 0.265 e. The van der Waals surface area contributed by atoms with Gasteiger partial charge in [0.25, 0.3) is 11.8 Å². The summed E-state index contributed by atoms with van der Waals surface area (Å²) >= 11 is 0. The van der Waals surface area contributed by atoms with Crippen molar-refractivity contribution < 1.29 is 33.3 Å². The Balaban J connectivity index is 1.51. The first-order chi connectivity index (χ1) is 18.0. The van der Waals surface area contributed by atoms with E-state index in [0.29, 0.717) is 79.5 Å². The van der Waals surface area contributed by atoms with E-state index in [1.165, 1.54) is 0 Å². The van der Waals surface area contributed by atoms with Gasteiger partial charge < -0.3 is 33.9 Å². The number of morpholine rings is 1. The van der Waals surface area contributed by atoms with Crippen molar-refractivity contribution in [1.29, 1.82) is 0 Å². The van der Waals surface area contributed by atoms with E-state index >= 15 is 0 Å². The normalized spacial score (nSPS) is 15.5. The molecular formula is C27H35N3O7. The number of anilines is 2. The van der Waals surface area contributed by atoms with E-state index < -0.39 is 0 Å². The molecule has 2 aromatic carbocycles. The third kappa shape index (κ3) is 6.44. The third-order valence-electron chi connectivity index (χ3n) is 6.08. The summed E-state index contributed by atoms with van der Waals surface area (Å²) in [6.07, 6.45) is 0. The molecule has 2 heterocycles. The lowest BCUT2D eigenvalue weighted by atomic mass is 10.1. The van der Waals surface area contributed by atoms with Crippen molar-refractivity contribution in [3.8, 4) is 23.0 Å². The lowest BCUT2D eigenvalue weighted by molar-refractivity contribution is -0.121. The SMILES string of the molecule is CCOc1cc(C(=O)Nc2ccc3c(c2)OCC(=O)N3CCN2CCOCC2)cc(OCC)c1OCC. The number of hydrogen-bond acceptors (Lipinski definition) is 8. The topological polar surface area (TPSA) is 98.8 Å². The zero-order chi connectivity index (χ0) is 26.2. The van der Waals surface area contributed by atoms with Crippen LogP contribution in [0, 0.1) is 0 Å². The zero-order valence-corrected chi connectivity index (χ0v) is 21.7. The minimum absolute atomic E-state index is 0.0398. The Bertz CT molecular complexity index is 1070. The Morgan fingerprint density at radius 3 is 2.27 bits per heavy atom. The van der Waals surface area contributed by atoms with E-state index in [1.807, 2.05) is 20.8 Å². The summed E-state index contributed by atoms with van der Waals surface area (Å²) in [5, 5.41) is 2.91. The van der Waals surface area contributed by atoms with Crippen LogP contribution in [0.4, 0.5) is 11.4 Å². The largest absolute Gasteiger partial charge is 0.490 e. The van der Waals surface area contributed by atoms with Gasteiger partial charge in [0, 0.05) is 43.5 Å². The summed E-state index contributed by atoms with van der Waals surface area (Å²) in [4.78, 5) is 29.8. The molecule has 2 aliphatic heterocycles. The number of nitrogens with zero attached hydrogens (tertiary/aromatic N) is 2. The maximum atomic E-state index is 13.2. The van der Waals surface area contributed by atoms with Gasteiger partial charge in [0.05, 0.1) is 38.7 Å². The van der Waals surface area contributed by atoms with Crippen LogP contribution in [0.1, 0.15) is 31.1 Å². The lowest BCUT2D eigenvalue weighted by Crippen LogP contribution is -2.45. The molecule has 1 N–H and O–H groups in total. The van der Waals surface area contributed by atoms with Gasteiger partial charge in [-0.1, -0.05) is 0 Å². The molecule has 10 heteroatoms. The van der Waals surface area contributed by atoms with Crippen LogP contribution in [0.5, 0.6) is 23.0 Å². The van der Waals surface area contributed by atoms with Crippen molar-refractivity contribution in [3.05, 3.63) is 35.9 Å². The number of carbonyl (C=O) groups excluding carboxylic acids is 2. The van der Waals surface area contributed by atoms with Crippen LogP contribution in [0.2, 0.25) is 0 Å². The third-order valence-corrected chi connectivity index (χ3v) is 6.08. The average molecular weight is 514 g/mol. The molecule has 1 saturated heterocycles. The van der Waals surface area contributed by atoms with Crippen molar-refractivity contribution in [2.24, 2.45) is 0 Å². The summed E-state index contributed by atoms with van der Waals surface area (Å²) < 4.78 is 28.3. The Morgan fingerprint density at radius 1 is 0.946 bits per heavy atom. The first-order valence-corrected chi connectivity index (χ1v) is 12.8. The van der Waals surface area contributed by atoms with Gasteiger partial charge in [0.2, 0.25) is 5.75 Å². The highest BCUT2D eigenvalue weighted by molar-refractivity contribution is 6.06. The Kier molecular flexibility index (Phi) is 9.08. The molecule has 0 aromatic heterocycles. The second-order valence-corrected chi connectivity index (χ2v) is 8.53. The van der Waals surface area contributed by atoms with E-state index in [2.05, 4.69) is 10.2 Å². The van der Waals surface area contributed by atoms with Crippen molar-refractivity contribution in [1.82, 2.24) is 4.90 Å². The molecule has 0 saturated carbocycles. The number of fused-ring (bicyclic) bond motifs is 1. The molecule has 0 unspecified atom stereocenters. The number of rotatable bonds is 11. The maximum Gasteiger partial charge on any atom is 0.265 e. The van der Waals surface area contributed by atoms with Gasteiger partial charge in [-0.15, -0.1) is 0 Å². The molecule has 10 nitrogen and oxygen atoms in total. The van der Waals surface area contributed by atoms with Crippen LogP contribution in [-0.2, 0) is 9.53 Å². The minimum atomic E-state index is -0.332. The Morgan fingerprint density at radius 2 is 1.62 bits per heavy atom. The highest BCUT2D eigenvalue weighted by atomic mass is 16.5. The number of benzene rings is 2. The van der Waals surface area contributed by atoms with Gasteiger partial charge >= 0.3 is 0 Å². The molecule has 0 radical (unpaired) electrons. The maximum absolute atomic E-state index is 13.2. The monoisotopic (exact) mass is 513 g/mol. The van der Waals surface area contributed by atoms with Crippen LogP contribution in [0.25, 0.3) is 0 Å². The second kappa shape index (κ2) is 12.6. The van der Waals surface area contributed by atoms with Gasteiger partial charge in [0.15, 0.2) is 18.1 Å². The van der Waals surface area contributed by atoms with E-state index in [4.69, 9.17) is 23.7 Å². The number of hydrogen-bond donors (Lipinski definition) is 1. The van der Waals surface area contributed by atoms with Gasteiger partial charge in [-0.05, 0) is 45.0 Å². The van der Waals surface area contributed by atoms with Crippen molar-refractivity contribution in [2.75, 3.05) is 76.0 Å². The van der Waals surface area contributed by atoms with E-state index in [-0.39, 0.29) is 18.4 Å². The molecule has 0 spiro atoms. The average Bonchev–Trinajstić information content (AvgIpc) is 2.90. The molecule has 0 bridgehead atoms. The van der Waals surface area contributed by atoms with E-state index in [1.54, 1.807) is 35.2 Å². The molecule has 200 valence electrons. The van der Waals surface area contributed by atoms with Crippen LogP contribution in [-0.4, -0.2) is 82.5 Å². The summed E-state index contributed by atoms with van der Waals surface area (Å²) in [6.45, 7) is 11.3. The predicted molar refractivity (Wildman–Crippen MR) is 139 cm³/mol. The molecule has 2 amide bonds. The number of ether oxygens (including phenoxy) is 5. The van der Waals surface area contributed by atoms with E-state index in [9.17, 15) is 9.59 Å². The first kappa shape index (κ1) is 26.6. The molecule has 2 aromatic rings. The van der Waals surface area contributed by atoms with Gasteiger partial charge in [-0.2, -0.15) is 0 Å². The van der Waals surface area contributed by atoms with Crippen LogP contribution in [0.15, 0.2) is 30.3 Å². The van der Waals surface area contributed by atoms with Gasteiger partial charge in [0.1, 0.15) is 5.75 Å². The standard InChI is InChI=1S/C27H35N3O7/c1-4-34-23-15-19(16-24(35-5-2)26(23)36-6-3)27(32)28-20-7-8-21-22(17-20)37-18-25(31)30(21)10-9-29-11-13-33-14-12-29/h7-8,15-17H,4-6,9-14,18H2,1-3H3,(H,28,32). The Labute approximate surface area is 217 Å². The van der Waals surface area contributed by atoms with Crippen LogP contribution in [0.3, 0.4) is 0 Å². The van der Waals surface area contributed by atoms with Gasteiger partial charge in [-0.3, -0.25) is 14.5 Å². The quantitative estimate of drug-likeness (QED) is 0.489. The molecule has 1 fully saturated rings. The molecular weight excluding hydrogens is 478 g/mol. The van der Waals surface area contributed by atoms with Crippen molar-refractivity contribution >= 4 is 23.2 Å². The number of nitrogens with one attached hydrogen (secondary N) is 1. The summed E-state index contributed by atoms with van der Waals surface area (Å²) in [5.74, 6) is 1.51. The molecule has 4 rings (SSSR count). The predicted octanol–water partition coefficient (Wildman–Crippen LogP) is 3.19. The number of amides is 2. The highest BCUT2D eigenvalue weighted by Gasteiger charge is 2.27. The fraction of sp³-hybridized carbons (Fsp3) is 0.481. The fourth-order valence-corrected chi connectivity index (χ4v) is 4.32. The fourth-order valence-electron chi connectivity index (χ4n) is 4.32. The number of carbonyl (C=O) groups is 2.